The molecule has 0 spiro atoms. The fourth-order valence-corrected chi connectivity index (χ4v) is 7.54. The maximum absolute atomic E-state index is 12.8. The molecule has 1 unspecified atom stereocenters. The molecule has 0 bridgehead atoms. The number of esters is 3. The molecule has 0 aliphatic rings. The molecule has 0 heterocycles. The topological polar surface area (TPSA) is 78.9 Å². The fourth-order valence-electron chi connectivity index (χ4n) is 7.54. The molecule has 0 fully saturated rings. The third-order valence-corrected chi connectivity index (χ3v) is 11.6. The molecule has 0 aliphatic heterocycles. The number of rotatable bonds is 48. The van der Waals surface area contributed by atoms with E-state index in [1.807, 2.05) is 0 Å². The zero-order valence-electron chi connectivity index (χ0n) is 41.6. The number of allylic oxidation sites excluding steroid dienone is 10. The first-order valence-electron chi connectivity index (χ1n) is 26.8. The average molecular weight is 881 g/mol. The summed E-state index contributed by atoms with van der Waals surface area (Å²) < 4.78 is 16.8. The summed E-state index contributed by atoms with van der Waals surface area (Å²) in [6, 6.07) is 0. The molecular formula is C57H100O6. The molecule has 0 N–H and O–H groups in total. The van der Waals surface area contributed by atoms with Crippen LogP contribution in [0.5, 0.6) is 0 Å². The van der Waals surface area contributed by atoms with E-state index >= 15 is 0 Å². The summed E-state index contributed by atoms with van der Waals surface area (Å²) in [6.07, 6.45) is 63.6. The Labute approximate surface area is 390 Å². The molecule has 0 aromatic carbocycles. The van der Waals surface area contributed by atoms with Crippen LogP contribution in [0.3, 0.4) is 0 Å². The number of carbonyl (C=O) groups excluding carboxylic acids is 3. The van der Waals surface area contributed by atoms with Crippen LogP contribution in [-0.2, 0) is 28.6 Å². The minimum Gasteiger partial charge on any atom is -0.462 e. The minimum absolute atomic E-state index is 0.0857. The van der Waals surface area contributed by atoms with E-state index in [1.54, 1.807) is 0 Å². The minimum atomic E-state index is -0.789. The highest BCUT2D eigenvalue weighted by molar-refractivity contribution is 5.71. The predicted octanol–water partition coefficient (Wildman–Crippen LogP) is 17.6. The van der Waals surface area contributed by atoms with Gasteiger partial charge in [-0.1, -0.05) is 248 Å². The largest absolute Gasteiger partial charge is 0.462 e. The second-order valence-corrected chi connectivity index (χ2v) is 17.9. The van der Waals surface area contributed by atoms with E-state index in [1.165, 1.54) is 141 Å². The fraction of sp³-hybridized carbons (Fsp3) is 0.772. The van der Waals surface area contributed by atoms with Crippen molar-refractivity contribution in [2.45, 2.75) is 271 Å². The predicted molar refractivity (Wildman–Crippen MR) is 270 cm³/mol. The number of carbonyl (C=O) groups is 3. The Morgan fingerprint density at radius 2 is 0.635 bits per heavy atom. The van der Waals surface area contributed by atoms with Crippen molar-refractivity contribution < 1.29 is 28.6 Å². The van der Waals surface area contributed by atoms with Crippen LogP contribution >= 0.6 is 0 Å². The van der Waals surface area contributed by atoms with E-state index in [4.69, 9.17) is 14.2 Å². The Bertz CT molecular complexity index is 1150. The second kappa shape index (κ2) is 51.7. The summed E-state index contributed by atoms with van der Waals surface area (Å²) in [7, 11) is 0. The normalized spacial score (nSPS) is 12.5. The van der Waals surface area contributed by atoms with E-state index in [0.29, 0.717) is 19.3 Å². The number of hydrogen-bond acceptors (Lipinski definition) is 6. The van der Waals surface area contributed by atoms with Crippen LogP contribution < -0.4 is 0 Å². The molecular weight excluding hydrogens is 781 g/mol. The molecule has 0 radical (unpaired) electrons. The Balaban J connectivity index is 4.33. The second-order valence-electron chi connectivity index (χ2n) is 17.9. The molecule has 6 heteroatoms. The zero-order chi connectivity index (χ0) is 45.8. The summed E-state index contributed by atoms with van der Waals surface area (Å²) in [4.78, 5) is 38.0. The lowest BCUT2D eigenvalue weighted by Gasteiger charge is -2.18. The van der Waals surface area contributed by atoms with Crippen molar-refractivity contribution in [1.29, 1.82) is 0 Å². The molecule has 0 amide bonds. The Morgan fingerprint density at radius 3 is 1.03 bits per heavy atom. The molecule has 0 saturated heterocycles. The molecule has 364 valence electrons. The van der Waals surface area contributed by atoms with Gasteiger partial charge in [0.05, 0.1) is 0 Å². The lowest BCUT2D eigenvalue weighted by Crippen LogP contribution is -2.30. The van der Waals surface area contributed by atoms with Gasteiger partial charge in [-0.3, -0.25) is 14.4 Å². The van der Waals surface area contributed by atoms with Crippen molar-refractivity contribution in [3.63, 3.8) is 0 Å². The Morgan fingerprint density at radius 1 is 0.333 bits per heavy atom. The molecule has 0 aliphatic carbocycles. The highest BCUT2D eigenvalue weighted by Crippen LogP contribution is 2.16. The van der Waals surface area contributed by atoms with E-state index in [9.17, 15) is 14.4 Å². The van der Waals surface area contributed by atoms with E-state index in [0.717, 1.165) is 83.5 Å². The lowest BCUT2D eigenvalue weighted by molar-refractivity contribution is -0.167. The van der Waals surface area contributed by atoms with Crippen LogP contribution in [0.2, 0.25) is 0 Å². The highest BCUT2D eigenvalue weighted by Gasteiger charge is 2.19. The molecule has 1 atom stereocenters. The van der Waals surface area contributed by atoms with Gasteiger partial charge in [-0.25, -0.2) is 0 Å². The van der Waals surface area contributed by atoms with Crippen LogP contribution in [0.1, 0.15) is 265 Å². The van der Waals surface area contributed by atoms with Crippen molar-refractivity contribution in [3.05, 3.63) is 60.8 Å². The van der Waals surface area contributed by atoms with Gasteiger partial charge in [-0.2, -0.15) is 0 Å². The smallest absolute Gasteiger partial charge is 0.306 e. The van der Waals surface area contributed by atoms with Gasteiger partial charge >= 0.3 is 17.9 Å². The summed E-state index contributed by atoms with van der Waals surface area (Å²) in [5.41, 5.74) is 0. The number of unbranched alkanes of at least 4 members (excludes halogenated alkanes) is 30. The first-order chi connectivity index (χ1) is 31.0. The number of ether oxygens (including phenoxy) is 3. The molecule has 0 rings (SSSR count). The lowest BCUT2D eigenvalue weighted by atomic mass is 10.0. The van der Waals surface area contributed by atoms with Gasteiger partial charge in [-0.05, 0) is 57.8 Å². The summed E-state index contributed by atoms with van der Waals surface area (Å²) >= 11 is 0. The molecule has 0 saturated carbocycles. The maximum Gasteiger partial charge on any atom is 0.306 e. The van der Waals surface area contributed by atoms with E-state index < -0.39 is 6.10 Å². The van der Waals surface area contributed by atoms with Crippen LogP contribution in [0.4, 0.5) is 0 Å². The Kier molecular flexibility index (Phi) is 49.4. The van der Waals surface area contributed by atoms with Crippen molar-refractivity contribution in [2.24, 2.45) is 0 Å². The van der Waals surface area contributed by atoms with Crippen molar-refractivity contribution in [2.75, 3.05) is 13.2 Å². The quantitative estimate of drug-likeness (QED) is 0.0262. The van der Waals surface area contributed by atoms with E-state index in [-0.39, 0.29) is 31.1 Å². The van der Waals surface area contributed by atoms with E-state index in [2.05, 4.69) is 81.5 Å². The van der Waals surface area contributed by atoms with Crippen LogP contribution in [0.25, 0.3) is 0 Å². The maximum atomic E-state index is 12.8. The Hall–Kier alpha value is -2.89. The molecule has 63 heavy (non-hydrogen) atoms. The van der Waals surface area contributed by atoms with Gasteiger partial charge in [0, 0.05) is 19.3 Å². The average Bonchev–Trinajstić information content (AvgIpc) is 3.28. The monoisotopic (exact) mass is 881 g/mol. The SMILES string of the molecule is CC\C=C/C=C\C=C/CCCCCCCCCC(=O)OC(COC(=O)CCCCC/C=C\C=C/CCCC)COC(=O)CCCCCCCCCCCCCCCCCCCCC. The molecule has 0 aromatic rings. The van der Waals surface area contributed by atoms with Crippen molar-refractivity contribution in [1.82, 2.24) is 0 Å². The van der Waals surface area contributed by atoms with Gasteiger partial charge in [0.2, 0.25) is 0 Å². The third-order valence-electron chi connectivity index (χ3n) is 11.6. The van der Waals surface area contributed by atoms with Crippen LogP contribution in [0.15, 0.2) is 60.8 Å². The van der Waals surface area contributed by atoms with Gasteiger partial charge in [0.25, 0.3) is 0 Å². The van der Waals surface area contributed by atoms with Crippen molar-refractivity contribution >= 4 is 17.9 Å². The van der Waals surface area contributed by atoms with Crippen LogP contribution in [-0.4, -0.2) is 37.2 Å². The van der Waals surface area contributed by atoms with Gasteiger partial charge in [-0.15, -0.1) is 0 Å². The summed E-state index contributed by atoms with van der Waals surface area (Å²) in [5, 5.41) is 0. The standard InChI is InChI=1S/C57H100O6/c1-4-7-10-13-16-19-22-24-26-27-28-29-31-32-35-38-41-44-47-50-56(59)62-53-54(52-61-55(58)49-46-43-40-37-34-21-18-15-12-9-6-3)63-57(60)51-48-45-42-39-36-33-30-25-23-20-17-14-11-8-5-2/h8,11,14-15,17-18,20-21,23,34,54H,4-7,9-10,12-13,16,19,22,24-33,35-53H2,1-3H3/b11-8-,17-14-,18-15-,23-20-,34-21-. The van der Waals surface area contributed by atoms with Gasteiger partial charge in [0.1, 0.15) is 13.2 Å². The number of hydrogen-bond donors (Lipinski definition) is 0. The zero-order valence-corrected chi connectivity index (χ0v) is 41.6. The van der Waals surface area contributed by atoms with Crippen LogP contribution in [0, 0.1) is 0 Å². The van der Waals surface area contributed by atoms with Crippen molar-refractivity contribution in [3.8, 4) is 0 Å². The third kappa shape index (κ3) is 50.0. The molecule has 0 aromatic heterocycles. The first-order valence-corrected chi connectivity index (χ1v) is 26.8. The highest BCUT2D eigenvalue weighted by atomic mass is 16.6. The van der Waals surface area contributed by atoms with Gasteiger partial charge in [0.15, 0.2) is 6.10 Å². The first kappa shape index (κ1) is 60.1. The summed E-state index contributed by atoms with van der Waals surface area (Å²) in [5.74, 6) is -0.920. The summed E-state index contributed by atoms with van der Waals surface area (Å²) in [6.45, 7) is 6.44. The molecule has 6 nitrogen and oxygen atoms in total. The van der Waals surface area contributed by atoms with Gasteiger partial charge < -0.3 is 14.2 Å².